The topological polar surface area (TPSA) is 76.5 Å². The molecule has 1 aromatic carbocycles. The van der Waals surface area contributed by atoms with Gasteiger partial charge in [0.25, 0.3) is 0 Å². The van der Waals surface area contributed by atoms with Gasteiger partial charge in [-0.3, -0.25) is 9.59 Å². The molecule has 0 bridgehead atoms. The van der Waals surface area contributed by atoms with E-state index in [9.17, 15) is 9.59 Å². The Morgan fingerprint density at radius 1 is 1.38 bits per heavy atom. The minimum Gasteiger partial charge on any atom is -0.495 e. The predicted octanol–water partition coefficient (Wildman–Crippen LogP) is 2.60. The van der Waals surface area contributed by atoms with E-state index in [4.69, 9.17) is 4.74 Å². The van der Waals surface area contributed by atoms with Gasteiger partial charge >= 0.3 is 0 Å². The number of hydrogen-bond acceptors (Lipinski definition) is 4. The molecule has 2 heterocycles. The standard InChI is InChI=1S/C19H24N4O3/c1-4-9-23-18(13(2)11-20-23)21-19(25)14-10-17(24)22(12-14)15-7-5-6-8-16(15)26-3/h5-8,11,14H,4,9-10,12H2,1-3H3,(H,21,25). The van der Waals surface area contributed by atoms with E-state index in [-0.39, 0.29) is 18.2 Å². The molecule has 1 saturated heterocycles. The molecule has 1 fully saturated rings. The third-order valence-electron chi connectivity index (χ3n) is 4.57. The molecular formula is C19H24N4O3. The van der Waals surface area contributed by atoms with Crippen molar-refractivity contribution in [2.45, 2.75) is 33.2 Å². The van der Waals surface area contributed by atoms with E-state index in [1.54, 1.807) is 22.9 Å². The maximum Gasteiger partial charge on any atom is 0.230 e. The number of ether oxygens (including phenoxy) is 1. The normalized spacial score (nSPS) is 16.8. The van der Waals surface area contributed by atoms with Crippen LogP contribution in [0.3, 0.4) is 0 Å². The van der Waals surface area contributed by atoms with Gasteiger partial charge in [-0.1, -0.05) is 19.1 Å². The highest BCUT2D eigenvalue weighted by molar-refractivity contribution is 6.04. The summed E-state index contributed by atoms with van der Waals surface area (Å²) in [5.41, 5.74) is 1.61. The van der Waals surface area contributed by atoms with Gasteiger partial charge in [-0.25, -0.2) is 4.68 Å². The van der Waals surface area contributed by atoms with E-state index in [1.807, 2.05) is 31.2 Å². The quantitative estimate of drug-likeness (QED) is 0.863. The molecular weight excluding hydrogens is 332 g/mol. The smallest absolute Gasteiger partial charge is 0.230 e. The van der Waals surface area contributed by atoms with Gasteiger partial charge in [0, 0.05) is 25.1 Å². The molecule has 0 aliphatic carbocycles. The number of carbonyl (C=O) groups excluding carboxylic acids is 2. The first-order valence-corrected chi connectivity index (χ1v) is 8.81. The third-order valence-corrected chi connectivity index (χ3v) is 4.57. The van der Waals surface area contributed by atoms with Crippen molar-refractivity contribution in [3.63, 3.8) is 0 Å². The first-order valence-electron chi connectivity index (χ1n) is 8.81. The van der Waals surface area contributed by atoms with Crippen molar-refractivity contribution < 1.29 is 14.3 Å². The highest BCUT2D eigenvalue weighted by atomic mass is 16.5. The second-order valence-electron chi connectivity index (χ2n) is 6.47. The van der Waals surface area contributed by atoms with Crippen molar-refractivity contribution in [2.75, 3.05) is 23.9 Å². The Bertz CT molecular complexity index is 815. The third kappa shape index (κ3) is 3.42. The van der Waals surface area contributed by atoms with Crippen LogP contribution in [0.25, 0.3) is 0 Å². The fourth-order valence-corrected chi connectivity index (χ4v) is 3.21. The number of carbonyl (C=O) groups is 2. The molecule has 0 saturated carbocycles. The van der Waals surface area contributed by atoms with Gasteiger partial charge in [-0.05, 0) is 25.5 Å². The molecule has 26 heavy (non-hydrogen) atoms. The number of amides is 2. The first-order chi connectivity index (χ1) is 12.5. The molecule has 1 aromatic heterocycles. The lowest BCUT2D eigenvalue weighted by Crippen LogP contribution is -2.29. The van der Waals surface area contributed by atoms with Crippen LogP contribution < -0.4 is 15.0 Å². The first kappa shape index (κ1) is 18.0. The molecule has 1 unspecified atom stereocenters. The van der Waals surface area contributed by atoms with Crippen molar-refractivity contribution in [3.05, 3.63) is 36.0 Å². The summed E-state index contributed by atoms with van der Waals surface area (Å²) in [4.78, 5) is 26.8. The second kappa shape index (κ2) is 7.59. The van der Waals surface area contributed by atoms with Crippen LogP contribution in [0.5, 0.6) is 5.75 Å². The molecule has 2 aromatic rings. The summed E-state index contributed by atoms with van der Waals surface area (Å²) >= 11 is 0. The van der Waals surface area contributed by atoms with Crippen molar-refractivity contribution in [1.29, 1.82) is 0 Å². The summed E-state index contributed by atoms with van der Waals surface area (Å²) in [5, 5.41) is 7.25. The van der Waals surface area contributed by atoms with Gasteiger partial charge < -0.3 is 15.0 Å². The monoisotopic (exact) mass is 356 g/mol. The van der Waals surface area contributed by atoms with Crippen molar-refractivity contribution >= 4 is 23.3 Å². The van der Waals surface area contributed by atoms with Crippen LogP contribution in [-0.4, -0.2) is 35.2 Å². The maximum absolute atomic E-state index is 12.7. The van der Waals surface area contributed by atoms with Gasteiger partial charge in [0.2, 0.25) is 11.8 Å². The minimum absolute atomic E-state index is 0.0755. The van der Waals surface area contributed by atoms with E-state index >= 15 is 0 Å². The number of aryl methyl sites for hydroxylation is 2. The predicted molar refractivity (Wildman–Crippen MR) is 99.3 cm³/mol. The number of hydrogen-bond donors (Lipinski definition) is 1. The molecule has 1 aliphatic rings. The van der Waals surface area contributed by atoms with Crippen LogP contribution in [0.1, 0.15) is 25.3 Å². The SMILES string of the molecule is CCCn1ncc(C)c1NC(=O)C1CC(=O)N(c2ccccc2OC)C1. The molecule has 1 aliphatic heterocycles. The van der Waals surface area contributed by atoms with Crippen LogP contribution in [0.15, 0.2) is 30.5 Å². The average Bonchev–Trinajstić information content (AvgIpc) is 3.19. The van der Waals surface area contributed by atoms with Gasteiger partial charge in [0.05, 0.1) is 24.9 Å². The lowest BCUT2D eigenvalue weighted by Gasteiger charge is -2.19. The second-order valence-corrected chi connectivity index (χ2v) is 6.47. The molecule has 1 N–H and O–H groups in total. The fraction of sp³-hybridized carbons (Fsp3) is 0.421. The zero-order chi connectivity index (χ0) is 18.7. The highest BCUT2D eigenvalue weighted by Crippen LogP contribution is 2.33. The maximum atomic E-state index is 12.7. The van der Waals surface area contributed by atoms with Crippen LogP contribution in [0.2, 0.25) is 0 Å². The van der Waals surface area contributed by atoms with E-state index in [1.165, 1.54) is 0 Å². The Morgan fingerprint density at radius 3 is 2.88 bits per heavy atom. The highest BCUT2D eigenvalue weighted by Gasteiger charge is 2.36. The summed E-state index contributed by atoms with van der Waals surface area (Å²) in [5.74, 6) is 0.695. The van der Waals surface area contributed by atoms with Crippen LogP contribution >= 0.6 is 0 Å². The largest absolute Gasteiger partial charge is 0.495 e. The van der Waals surface area contributed by atoms with Crippen molar-refractivity contribution in [1.82, 2.24) is 9.78 Å². The lowest BCUT2D eigenvalue weighted by atomic mass is 10.1. The summed E-state index contributed by atoms with van der Waals surface area (Å²) in [6.07, 6.45) is 2.85. The van der Waals surface area contributed by atoms with E-state index in [2.05, 4.69) is 17.3 Å². The minimum atomic E-state index is -0.406. The average molecular weight is 356 g/mol. The molecule has 138 valence electrons. The number of benzene rings is 1. The Labute approximate surface area is 152 Å². The summed E-state index contributed by atoms with van der Waals surface area (Å²) in [6.45, 7) is 5.05. The van der Waals surface area contributed by atoms with E-state index in [0.29, 0.717) is 23.8 Å². The molecule has 0 radical (unpaired) electrons. The van der Waals surface area contributed by atoms with Gasteiger partial charge in [0.1, 0.15) is 11.6 Å². The number of anilines is 2. The summed E-state index contributed by atoms with van der Waals surface area (Å²) in [7, 11) is 1.57. The van der Waals surface area contributed by atoms with Crippen LogP contribution in [0, 0.1) is 12.8 Å². The number of nitrogens with zero attached hydrogens (tertiary/aromatic N) is 3. The molecule has 0 spiro atoms. The Kier molecular flexibility index (Phi) is 5.25. The number of methoxy groups -OCH3 is 1. The molecule has 3 rings (SSSR count). The number of aromatic nitrogens is 2. The Balaban J connectivity index is 1.74. The van der Waals surface area contributed by atoms with E-state index < -0.39 is 5.92 Å². The van der Waals surface area contributed by atoms with Gasteiger partial charge in [0.15, 0.2) is 0 Å². The van der Waals surface area contributed by atoms with Gasteiger partial charge in [-0.2, -0.15) is 5.10 Å². The van der Waals surface area contributed by atoms with Crippen molar-refractivity contribution in [2.24, 2.45) is 5.92 Å². The molecule has 2 amide bonds. The van der Waals surface area contributed by atoms with E-state index in [0.717, 1.165) is 18.5 Å². The number of nitrogens with one attached hydrogen (secondary N) is 1. The Hall–Kier alpha value is -2.83. The number of rotatable bonds is 6. The van der Waals surface area contributed by atoms with Crippen molar-refractivity contribution in [3.8, 4) is 5.75 Å². The van der Waals surface area contributed by atoms with Gasteiger partial charge in [-0.15, -0.1) is 0 Å². The van der Waals surface area contributed by atoms with Crippen LogP contribution in [-0.2, 0) is 16.1 Å². The Morgan fingerprint density at radius 2 is 2.15 bits per heavy atom. The zero-order valence-electron chi connectivity index (χ0n) is 15.4. The fourth-order valence-electron chi connectivity index (χ4n) is 3.21. The molecule has 7 heteroatoms. The summed E-state index contributed by atoms with van der Waals surface area (Å²) in [6, 6.07) is 7.34. The molecule has 1 atom stereocenters. The zero-order valence-corrected chi connectivity index (χ0v) is 15.4. The van der Waals surface area contributed by atoms with Crippen LogP contribution in [0.4, 0.5) is 11.5 Å². The number of para-hydroxylation sites is 2. The summed E-state index contributed by atoms with van der Waals surface area (Å²) < 4.78 is 7.13. The lowest BCUT2D eigenvalue weighted by molar-refractivity contribution is -0.122. The molecule has 7 nitrogen and oxygen atoms in total.